The van der Waals surface area contributed by atoms with Crippen molar-refractivity contribution in [3.63, 3.8) is 0 Å². The molecule has 122 valence electrons. The second-order valence-corrected chi connectivity index (χ2v) is 7.81. The van der Waals surface area contributed by atoms with Crippen molar-refractivity contribution in [2.24, 2.45) is 5.41 Å². The second-order valence-electron chi connectivity index (χ2n) is 7.81. The predicted octanol–water partition coefficient (Wildman–Crippen LogP) is 3.56. The van der Waals surface area contributed by atoms with E-state index in [9.17, 15) is 4.79 Å². The number of carbonyl (C=O) groups is 1. The summed E-state index contributed by atoms with van der Waals surface area (Å²) < 4.78 is 5.51. The van der Waals surface area contributed by atoms with Crippen LogP contribution in [-0.2, 0) is 4.74 Å². The van der Waals surface area contributed by atoms with Crippen molar-refractivity contribution < 1.29 is 9.53 Å². The van der Waals surface area contributed by atoms with E-state index >= 15 is 0 Å². The van der Waals surface area contributed by atoms with Gasteiger partial charge in [-0.3, -0.25) is 0 Å². The maximum absolute atomic E-state index is 12.2. The molecule has 0 aromatic rings. The molecule has 2 aliphatic rings. The SMILES string of the molecule is CCC1(CNCC2CCCN2C(=O)OC(C)(C)C)CCC1. The number of ether oxygens (including phenoxy) is 1. The van der Waals surface area contributed by atoms with Gasteiger partial charge in [0.1, 0.15) is 5.60 Å². The molecule has 1 unspecified atom stereocenters. The highest BCUT2D eigenvalue weighted by Gasteiger charge is 2.36. The molecule has 1 atom stereocenters. The molecule has 0 aromatic carbocycles. The Balaban J connectivity index is 1.78. The number of hydrogen-bond donors (Lipinski definition) is 1. The number of carbonyl (C=O) groups excluding carboxylic acids is 1. The van der Waals surface area contributed by atoms with Gasteiger partial charge in [0.05, 0.1) is 0 Å². The first kappa shape index (κ1) is 16.6. The molecule has 1 aliphatic heterocycles. The quantitative estimate of drug-likeness (QED) is 0.843. The number of nitrogens with zero attached hydrogens (tertiary/aromatic N) is 1. The highest BCUT2D eigenvalue weighted by molar-refractivity contribution is 5.69. The molecule has 1 amide bonds. The Hall–Kier alpha value is -0.770. The average molecular weight is 296 g/mol. The minimum Gasteiger partial charge on any atom is -0.444 e. The van der Waals surface area contributed by atoms with Crippen LogP contribution in [0.4, 0.5) is 4.79 Å². The van der Waals surface area contributed by atoms with Crippen molar-refractivity contribution in [2.45, 2.75) is 77.9 Å². The Bertz CT molecular complexity index is 353. The summed E-state index contributed by atoms with van der Waals surface area (Å²) in [6.45, 7) is 10.9. The van der Waals surface area contributed by atoms with Gasteiger partial charge in [-0.2, -0.15) is 0 Å². The molecular formula is C17H32N2O2. The highest BCUT2D eigenvalue weighted by Crippen LogP contribution is 2.43. The van der Waals surface area contributed by atoms with Gasteiger partial charge in [0.25, 0.3) is 0 Å². The van der Waals surface area contributed by atoms with E-state index in [1.165, 1.54) is 25.7 Å². The van der Waals surface area contributed by atoms with E-state index in [2.05, 4.69) is 12.2 Å². The Morgan fingerprint density at radius 2 is 2.05 bits per heavy atom. The molecule has 4 nitrogen and oxygen atoms in total. The van der Waals surface area contributed by atoms with Crippen LogP contribution in [0.25, 0.3) is 0 Å². The third-order valence-electron chi connectivity index (χ3n) is 5.05. The van der Waals surface area contributed by atoms with E-state index in [4.69, 9.17) is 4.74 Å². The largest absolute Gasteiger partial charge is 0.444 e. The van der Waals surface area contributed by atoms with Crippen LogP contribution >= 0.6 is 0 Å². The van der Waals surface area contributed by atoms with Crippen LogP contribution in [0, 0.1) is 5.41 Å². The lowest BCUT2D eigenvalue weighted by Gasteiger charge is -2.42. The molecule has 0 radical (unpaired) electrons. The zero-order valence-corrected chi connectivity index (χ0v) is 14.2. The van der Waals surface area contributed by atoms with Gasteiger partial charge in [-0.05, 0) is 58.3 Å². The first-order valence-corrected chi connectivity index (χ1v) is 8.56. The molecule has 1 aliphatic carbocycles. The monoisotopic (exact) mass is 296 g/mol. The zero-order chi connectivity index (χ0) is 15.5. The lowest BCUT2D eigenvalue weighted by molar-refractivity contribution is 0.0221. The normalized spacial score (nSPS) is 24.8. The fourth-order valence-electron chi connectivity index (χ4n) is 3.44. The standard InChI is InChI=1S/C17H32N2O2/c1-5-17(9-7-10-17)13-18-12-14-8-6-11-19(14)15(20)21-16(2,3)4/h14,18H,5-13H2,1-4H3. The summed E-state index contributed by atoms with van der Waals surface area (Å²) >= 11 is 0. The number of hydrogen-bond acceptors (Lipinski definition) is 3. The van der Waals surface area contributed by atoms with E-state index in [0.29, 0.717) is 11.5 Å². The molecule has 1 heterocycles. The van der Waals surface area contributed by atoms with E-state index in [-0.39, 0.29) is 6.09 Å². The lowest BCUT2D eigenvalue weighted by Crippen LogP contribution is -2.47. The average Bonchev–Trinajstić information content (AvgIpc) is 2.79. The van der Waals surface area contributed by atoms with Crippen molar-refractivity contribution in [2.75, 3.05) is 19.6 Å². The van der Waals surface area contributed by atoms with E-state index in [0.717, 1.165) is 32.5 Å². The molecule has 2 fully saturated rings. The molecule has 0 aromatic heterocycles. The minimum atomic E-state index is -0.407. The summed E-state index contributed by atoms with van der Waals surface area (Å²) in [4.78, 5) is 14.1. The summed E-state index contributed by atoms with van der Waals surface area (Å²) in [5.74, 6) is 0. The first-order valence-electron chi connectivity index (χ1n) is 8.56. The molecule has 0 spiro atoms. The number of nitrogens with one attached hydrogen (secondary N) is 1. The lowest BCUT2D eigenvalue weighted by atomic mass is 9.67. The fraction of sp³-hybridized carbons (Fsp3) is 0.941. The number of likely N-dealkylation sites (tertiary alicyclic amines) is 1. The summed E-state index contributed by atoms with van der Waals surface area (Å²) in [5, 5.41) is 3.62. The molecule has 1 N–H and O–H groups in total. The van der Waals surface area contributed by atoms with Gasteiger partial charge in [0.2, 0.25) is 0 Å². The predicted molar refractivity (Wildman–Crippen MR) is 85.4 cm³/mol. The summed E-state index contributed by atoms with van der Waals surface area (Å²) in [7, 11) is 0. The molecule has 0 bridgehead atoms. The third kappa shape index (κ3) is 4.35. The summed E-state index contributed by atoms with van der Waals surface area (Å²) in [6.07, 6.45) is 7.38. The van der Waals surface area contributed by atoms with Gasteiger partial charge >= 0.3 is 6.09 Å². The Morgan fingerprint density at radius 1 is 1.33 bits per heavy atom. The van der Waals surface area contributed by atoms with Gasteiger partial charge in [-0.1, -0.05) is 13.3 Å². The number of amides is 1. The van der Waals surface area contributed by atoms with E-state index in [1.807, 2.05) is 25.7 Å². The Morgan fingerprint density at radius 3 is 2.57 bits per heavy atom. The van der Waals surface area contributed by atoms with Crippen molar-refractivity contribution in [3.8, 4) is 0 Å². The Kier molecular flexibility index (Phi) is 5.18. The van der Waals surface area contributed by atoms with Gasteiger partial charge in [-0.25, -0.2) is 4.79 Å². The molecule has 1 saturated carbocycles. The molecule has 1 saturated heterocycles. The Labute approximate surface area is 129 Å². The molecule has 2 rings (SSSR count). The van der Waals surface area contributed by atoms with Crippen molar-refractivity contribution >= 4 is 6.09 Å². The minimum absolute atomic E-state index is 0.152. The van der Waals surface area contributed by atoms with Crippen LogP contribution in [-0.4, -0.2) is 42.3 Å². The second kappa shape index (κ2) is 6.55. The summed E-state index contributed by atoms with van der Waals surface area (Å²) in [6, 6.07) is 0.300. The third-order valence-corrected chi connectivity index (χ3v) is 5.05. The zero-order valence-electron chi connectivity index (χ0n) is 14.2. The van der Waals surface area contributed by atoms with Gasteiger partial charge in [0.15, 0.2) is 0 Å². The van der Waals surface area contributed by atoms with Crippen LogP contribution in [0.5, 0.6) is 0 Å². The maximum atomic E-state index is 12.2. The fourth-order valence-corrected chi connectivity index (χ4v) is 3.44. The van der Waals surface area contributed by atoms with Gasteiger partial charge < -0.3 is 15.0 Å². The van der Waals surface area contributed by atoms with Gasteiger partial charge in [0, 0.05) is 25.7 Å². The smallest absolute Gasteiger partial charge is 0.410 e. The number of rotatable bonds is 5. The van der Waals surface area contributed by atoms with E-state index in [1.54, 1.807) is 0 Å². The van der Waals surface area contributed by atoms with Gasteiger partial charge in [-0.15, -0.1) is 0 Å². The van der Waals surface area contributed by atoms with Crippen molar-refractivity contribution in [1.82, 2.24) is 10.2 Å². The van der Waals surface area contributed by atoms with Crippen molar-refractivity contribution in [3.05, 3.63) is 0 Å². The topological polar surface area (TPSA) is 41.6 Å². The maximum Gasteiger partial charge on any atom is 0.410 e. The van der Waals surface area contributed by atoms with Crippen LogP contribution in [0.3, 0.4) is 0 Å². The van der Waals surface area contributed by atoms with Crippen molar-refractivity contribution in [1.29, 1.82) is 0 Å². The van der Waals surface area contributed by atoms with E-state index < -0.39 is 5.60 Å². The van der Waals surface area contributed by atoms with Crippen LogP contribution in [0.1, 0.15) is 66.2 Å². The van der Waals surface area contributed by atoms with Crippen LogP contribution < -0.4 is 5.32 Å². The molecule has 21 heavy (non-hydrogen) atoms. The molecule has 4 heteroatoms. The molecular weight excluding hydrogens is 264 g/mol. The first-order chi connectivity index (χ1) is 9.85. The summed E-state index contributed by atoms with van der Waals surface area (Å²) in [5.41, 5.74) is 0.130. The van der Waals surface area contributed by atoms with Crippen LogP contribution in [0.15, 0.2) is 0 Å². The van der Waals surface area contributed by atoms with Crippen LogP contribution in [0.2, 0.25) is 0 Å². The highest BCUT2D eigenvalue weighted by atomic mass is 16.6.